The maximum atomic E-state index is 12.6. The zero-order chi connectivity index (χ0) is 17.8. The molecule has 6 nitrogen and oxygen atoms in total. The van der Waals surface area contributed by atoms with Gasteiger partial charge >= 0.3 is 0 Å². The van der Waals surface area contributed by atoms with Gasteiger partial charge in [0.25, 0.3) is 5.56 Å². The Morgan fingerprint density at radius 1 is 1.08 bits per heavy atom. The quantitative estimate of drug-likeness (QED) is 0.560. The largest absolute Gasteiger partial charge is 0.363 e. The van der Waals surface area contributed by atoms with Gasteiger partial charge in [-0.3, -0.25) is 13.8 Å². The standard InChI is InChI=1S/C20H19N5O/c1-13-11-24(16-9-5-3-7-14(13)16)12-18-21-22-20-23(2)19(26)15-8-4-6-10-17(15)25(18)20/h3-10,13H,11-12H2,1-2H3. The number of nitrogens with zero attached hydrogens (tertiary/aromatic N) is 5. The molecule has 2 aromatic heterocycles. The molecule has 0 fully saturated rings. The SMILES string of the molecule is CC1CN(Cc2nnc3n(C)c(=O)c4ccccc4n23)c2ccccc21. The van der Waals surface area contributed by atoms with Crippen LogP contribution in [0.5, 0.6) is 0 Å². The van der Waals surface area contributed by atoms with Crippen LogP contribution in [0.2, 0.25) is 0 Å². The normalized spacial score (nSPS) is 16.5. The second-order valence-corrected chi connectivity index (χ2v) is 6.97. The van der Waals surface area contributed by atoms with Crippen LogP contribution in [0.15, 0.2) is 53.3 Å². The molecule has 0 radical (unpaired) electrons. The second kappa shape index (κ2) is 5.42. The molecule has 2 aromatic carbocycles. The van der Waals surface area contributed by atoms with Crippen LogP contribution in [0.3, 0.4) is 0 Å². The van der Waals surface area contributed by atoms with Gasteiger partial charge in [-0.15, -0.1) is 10.2 Å². The lowest BCUT2D eigenvalue weighted by atomic mass is 10.0. The summed E-state index contributed by atoms with van der Waals surface area (Å²) in [4.78, 5) is 14.9. The van der Waals surface area contributed by atoms with Gasteiger partial charge in [-0.2, -0.15) is 0 Å². The first-order valence-electron chi connectivity index (χ1n) is 8.81. The van der Waals surface area contributed by atoms with E-state index in [1.165, 1.54) is 11.3 Å². The van der Waals surface area contributed by atoms with Gasteiger partial charge in [0.15, 0.2) is 5.82 Å². The number of hydrogen-bond acceptors (Lipinski definition) is 4. The summed E-state index contributed by atoms with van der Waals surface area (Å²) in [6.45, 7) is 3.86. The number of para-hydroxylation sites is 2. The van der Waals surface area contributed by atoms with Crippen molar-refractivity contribution in [2.75, 3.05) is 11.4 Å². The number of fused-ring (bicyclic) bond motifs is 4. The summed E-state index contributed by atoms with van der Waals surface area (Å²) in [5.41, 5.74) is 3.43. The van der Waals surface area contributed by atoms with Crippen molar-refractivity contribution in [3.05, 3.63) is 70.3 Å². The molecule has 0 bridgehead atoms. The predicted molar refractivity (Wildman–Crippen MR) is 102 cm³/mol. The molecule has 0 amide bonds. The van der Waals surface area contributed by atoms with Crippen molar-refractivity contribution in [2.24, 2.45) is 7.05 Å². The van der Waals surface area contributed by atoms with Crippen molar-refractivity contribution in [3.63, 3.8) is 0 Å². The number of rotatable bonds is 2. The molecule has 1 aliphatic rings. The van der Waals surface area contributed by atoms with Crippen LogP contribution in [0.1, 0.15) is 24.2 Å². The van der Waals surface area contributed by atoms with E-state index < -0.39 is 0 Å². The Hall–Kier alpha value is -3.15. The van der Waals surface area contributed by atoms with Crippen molar-refractivity contribution in [1.29, 1.82) is 0 Å². The molecule has 0 saturated carbocycles. The van der Waals surface area contributed by atoms with Gasteiger partial charge in [-0.25, -0.2) is 0 Å². The minimum absolute atomic E-state index is 0.0489. The molecule has 0 saturated heterocycles. The van der Waals surface area contributed by atoms with Crippen molar-refractivity contribution in [1.82, 2.24) is 19.2 Å². The summed E-state index contributed by atoms with van der Waals surface area (Å²) in [6, 6.07) is 16.2. The summed E-state index contributed by atoms with van der Waals surface area (Å²) >= 11 is 0. The number of aromatic nitrogens is 4. The molecule has 6 heteroatoms. The van der Waals surface area contributed by atoms with Gasteiger partial charge in [0.05, 0.1) is 17.4 Å². The van der Waals surface area contributed by atoms with Gasteiger partial charge in [0.2, 0.25) is 5.78 Å². The monoisotopic (exact) mass is 345 g/mol. The van der Waals surface area contributed by atoms with Crippen LogP contribution in [0.4, 0.5) is 5.69 Å². The second-order valence-electron chi connectivity index (χ2n) is 6.97. The van der Waals surface area contributed by atoms with Crippen LogP contribution in [0, 0.1) is 0 Å². The molecule has 1 unspecified atom stereocenters. The highest BCUT2D eigenvalue weighted by atomic mass is 16.1. The molecule has 4 aromatic rings. The fourth-order valence-electron chi connectivity index (χ4n) is 4.03. The number of benzene rings is 2. The molecule has 1 atom stereocenters. The third-order valence-electron chi connectivity index (χ3n) is 5.33. The van der Waals surface area contributed by atoms with Crippen LogP contribution in [-0.2, 0) is 13.6 Å². The third kappa shape index (κ3) is 2.02. The Morgan fingerprint density at radius 2 is 1.85 bits per heavy atom. The molecule has 0 aliphatic carbocycles. The number of aryl methyl sites for hydroxylation is 1. The Kier molecular flexibility index (Phi) is 3.16. The minimum atomic E-state index is -0.0489. The van der Waals surface area contributed by atoms with E-state index in [0.717, 1.165) is 17.9 Å². The molecule has 130 valence electrons. The molecule has 0 N–H and O–H groups in total. The number of anilines is 1. The van der Waals surface area contributed by atoms with E-state index in [-0.39, 0.29) is 5.56 Å². The highest BCUT2D eigenvalue weighted by Crippen LogP contribution is 2.36. The zero-order valence-electron chi connectivity index (χ0n) is 14.8. The Balaban J connectivity index is 1.69. The average molecular weight is 345 g/mol. The van der Waals surface area contributed by atoms with Crippen molar-refractivity contribution < 1.29 is 0 Å². The van der Waals surface area contributed by atoms with Gasteiger partial charge in [0, 0.05) is 25.2 Å². The van der Waals surface area contributed by atoms with Crippen LogP contribution < -0.4 is 10.5 Å². The van der Waals surface area contributed by atoms with E-state index >= 15 is 0 Å². The first kappa shape index (κ1) is 15.1. The molecule has 1 aliphatic heterocycles. The van der Waals surface area contributed by atoms with E-state index in [0.29, 0.717) is 23.6 Å². The maximum absolute atomic E-state index is 12.6. The van der Waals surface area contributed by atoms with Gasteiger partial charge in [-0.1, -0.05) is 37.3 Å². The smallest absolute Gasteiger partial charge is 0.262 e. The Morgan fingerprint density at radius 3 is 2.73 bits per heavy atom. The lowest BCUT2D eigenvalue weighted by Gasteiger charge is -2.19. The van der Waals surface area contributed by atoms with Crippen molar-refractivity contribution >= 4 is 22.4 Å². The van der Waals surface area contributed by atoms with E-state index in [2.05, 4.69) is 46.3 Å². The van der Waals surface area contributed by atoms with Crippen molar-refractivity contribution in [2.45, 2.75) is 19.4 Å². The van der Waals surface area contributed by atoms with Crippen LogP contribution >= 0.6 is 0 Å². The van der Waals surface area contributed by atoms with Crippen LogP contribution in [-0.4, -0.2) is 25.7 Å². The highest BCUT2D eigenvalue weighted by molar-refractivity contribution is 5.80. The summed E-state index contributed by atoms with van der Waals surface area (Å²) < 4.78 is 3.57. The van der Waals surface area contributed by atoms with Crippen LogP contribution in [0.25, 0.3) is 16.7 Å². The summed E-state index contributed by atoms with van der Waals surface area (Å²) in [7, 11) is 1.75. The first-order valence-corrected chi connectivity index (χ1v) is 8.81. The van der Waals surface area contributed by atoms with E-state index in [4.69, 9.17) is 0 Å². The maximum Gasteiger partial charge on any atom is 0.262 e. The molecular weight excluding hydrogens is 326 g/mol. The van der Waals surface area contributed by atoms with E-state index in [1.807, 2.05) is 28.7 Å². The molecule has 26 heavy (non-hydrogen) atoms. The van der Waals surface area contributed by atoms with E-state index in [1.54, 1.807) is 11.6 Å². The fourth-order valence-corrected chi connectivity index (χ4v) is 4.03. The third-order valence-corrected chi connectivity index (χ3v) is 5.33. The predicted octanol–water partition coefficient (Wildman–Crippen LogP) is 2.70. The van der Waals surface area contributed by atoms with Gasteiger partial charge in [0.1, 0.15) is 0 Å². The van der Waals surface area contributed by atoms with Crippen molar-refractivity contribution in [3.8, 4) is 0 Å². The first-order chi connectivity index (χ1) is 12.6. The van der Waals surface area contributed by atoms with Gasteiger partial charge < -0.3 is 4.90 Å². The highest BCUT2D eigenvalue weighted by Gasteiger charge is 2.26. The molecule has 5 rings (SSSR count). The minimum Gasteiger partial charge on any atom is -0.363 e. The zero-order valence-corrected chi connectivity index (χ0v) is 14.8. The lowest BCUT2D eigenvalue weighted by molar-refractivity contribution is 0.720. The average Bonchev–Trinajstić information content (AvgIpc) is 3.22. The Labute approximate surface area is 150 Å². The molecule has 0 spiro atoms. The molecule has 3 heterocycles. The fraction of sp³-hybridized carbons (Fsp3) is 0.250. The summed E-state index contributed by atoms with van der Waals surface area (Å²) in [5.74, 6) is 1.91. The summed E-state index contributed by atoms with van der Waals surface area (Å²) in [5, 5.41) is 9.40. The lowest BCUT2D eigenvalue weighted by Crippen LogP contribution is -2.24. The topological polar surface area (TPSA) is 55.4 Å². The summed E-state index contributed by atoms with van der Waals surface area (Å²) in [6.07, 6.45) is 0. The number of hydrogen-bond donors (Lipinski definition) is 0. The Bertz CT molecular complexity index is 1210. The van der Waals surface area contributed by atoms with E-state index in [9.17, 15) is 4.79 Å². The van der Waals surface area contributed by atoms with Gasteiger partial charge in [-0.05, 0) is 23.8 Å². The molecular formula is C20H19N5O.